The number of aryl methyl sites for hydroxylation is 1. The van der Waals surface area contributed by atoms with E-state index in [0.717, 1.165) is 11.3 Å². The zero-order valence-electron chi connectivity index (χ0n) is 10.7. The third-order valence-corrected chi connectivity index (χ3v) is 3.08. The Balaban J connectivity index is 2.11. The predicted molar refractivity (Wildman–Crippen MR) is 68.5 cm³/mol. The Hall–Kier alpha value is -1.84. The first-order valence-corrected chi connectivity index (χ1v) is 6.12. The zero-order chi connectivity index (χ0) is 13.1. The summed E-state index contributed by atoms with van der Waals surface area (Å²) in [5.74, 6) is -1.10. The molecule has 96 valence electrons. The quantitative estimate of drug-likeness (QED) is 0.601. The minimum atomic E-state index is -0.634. The van der Waals surface area contributed by atoms with Crippen molar-refractivity contribution in [2.75, 3.05) is 24.6 Å². The van der Waals surface area contributed by atoms with E-state index in [1.165, 1.54) is 0 Å². The molecule has 0 radical (unpaired) electrons. The Labute approximate surface area is 107 Å². The molecule has 2 rings (SSSR count). The average Bonchev–Trinajstić information content (AvgIpc) is 2.72. The van der Waals surface area contributed by atoms with Gasteiger partial charge in [0.1, 0.15) is 5.92 Å². The molecule has 0 bridgehead atoms. The summed E-state index contributed by atoms with van der Waals surface area (Å²) >= 11 is 0. The van der Waals surface area contributed by atoms with Crippen LogP contribution in [0.2, 0.25) is 0 Å². The maximum Gasteiger partial charge on any atom is 0.318 e. The van der Waals surface area contributed by atoms with Crippen LogP contribution < -0.4 is 4.90 Å². The van der Waals surface area contributed by atoms with Crippen molar-refractivity contribution >= 4 is 17.4 Å². The number of esters is 1. The van der Waals surface area contributed by atoms with Crippen molar-refractivity contribution in [2.45, 2.75) is 13.8 Å². The lowest BCUT2D eigenvalue weighted by Crippen LogP contribution is -2.25. The highest BCUT2D eigenvalue weighted by atomic mass is 16.5. The molecule has 0 amide bonds. The van der Waals surface area contributed by atoms with Gasteiger partial charge in [-0.3, -0.25) is 9.59 Å². The molecule has 1 aliphatic rings. The molecule has 0 aliphatic carbocycles. The molecule has 1 fully saturated rings. The van der Waals surface area contributed by atoms with Crippen LogP contribution in [0.1, 0.15) is 12.5 Å². The minimum Gasteiger partial charge on any atom is -0.465 e. The smallest absolute Gasteiger partial charge is 0.318 e. The van der Waals surface area contributed by atoms with Crippen molar-refractivity contribution in [1.29, 1.82) is 0 Å². The molecule has 1 atom stereocenters. The lowest BCUT2D eigenvalue weighted by atomic mass is 10.1. The van der Waals surface area contributed by atoms with Crippen molar-refractivity contribution in [3.05, 3.63) is 29.8 Å². The van der Waals surface area contributed by atoms with Gasteiger partial charge in [0.05, 0.1) is 13.2 Å². The maximum absolute atomic E-state index is 11.8. The number of hydrogen-bond donors (Lipinski definition) is 0. The van der Waals surface area contributed by atoms with E-state index in [2.05, 4.69) is 0 Å². The van der Waals surface area contributed by atoms with Crippen molar-refractivity contribution in [3.63, 3.8) is 0 Å². The standard InChI is InChI=1S/C14H17NO3/c1-3-18-14(17)12-8-15(9-13(12)16)11-6-4-5-10(2)7-11/h4-7,12H,3,8-9H2,1-2H3. The molecule has 0 N–H and O–H groups in total. The average molecular weight is 247 g/mol. The van der Waals surface area contributed by atoms with Crippen molar-refractivity contribution in [2.24, 2.45) is 5.92 Å². The number of Topliss-reactive ketones (excluding diaryl/α,β-unsaturated/α-hetero) is 1. The minimum absolute atomic E-state index is 0.0602. The largest absolute Gasteiger partial charge is 0.465 e. The fourth-order valence-corrected chi connectivity index (χ4v) is 2.16. The Morgan fingerprint density at radius 1 is 1.50 bits per heavy atom. The number of anilines is 1. The van der Waals surface area contributed by atoms with E-state index in [4.69, 9.17) is 4.74 Å². The van der Waals surface area contributed by atoms with Crippen LogP contribution in [0.4, 0.5) is 5.69 Å². The van der Waals surface area contributed by atoms with Crippen LogP contribution in [0.25, 0.3) is 0 Å². The number of ketones is 1. The molecular formula is C14H17NO3. The lowest BCUT2D eigenvalue weighted by Gasteiger charge is -2.17. The first-order valence-electron chi connectivity index (χ1n) is 6.12. The summed E-state index contributed by atoms with van der Waals surface area (Å²) in [5.41, 5.74) is 2.12. The molecule has 1 aliphatic heterocycles. The van der Waals surface area contributed by atoms with E-state index in [0.29, 0.717) is 13.2 Å². The third kappa shape index (κ3) is 2.53. The van der Waals surface area contributed by atoms with Gasteiger partial charge in [-0.05, 0) is 31.5 Å². The fraction of sp³-hybridized carbons (Fsp3) is 0.429. The number of carbonyl (C=O) groups excluding carboxylic acids is 2. The molecule has 1 saturated heterocycles. The Morgan fingerprint density at radius 2 is 2.28 bits per heavy atom. The Morgan fingerprint density at radius 3 is 2.94 bits per heavy atom. The molecule has 1 aromatic carbocycles. The van der Waals surface area contributed by atoms with Gasteiger partial charge >= 0.3 is 5.97 Å². The summed E-state index contributed by atoms with van der Waals surface area (Å²) in [6.07, 6.45) is 0. The van der Waals surface area contributed by atoms with E-state index in [1.807, 2.05) is 36.1 Å². The fourth-order valence-electron chi connectivity index (χ4n) is 2.16. The number of benzene rings is 1. The highest BCUT2D eigenvalue weighted by Gasteiger charge is 2.37. The molecular weight excluding hydrogens is 230 g/mol. The number of rotatable bonds is 3. The normalized spacial score (nSPS) is 19.1. The Bertz CT molecular complexity index is 470. The maximum atomic E-state index is 11.8. The topological polar surface area (TPSA) is 46.6 Å². The van der Waals surface area contributed by atoms with Gasteiger partial charge in [0.25, 0.3) is 0 Å². The molecule has 0 spiro atoms. The van der Waals surface area contributed by atoms with E-state index in [1.54, 1.807) is 6.92 Å². The second kappa shape index (κ2) is 5.21. The monoisotopic (exact) mass is 247 g/mol. The van der Waals surface area contributed by atoms with Gasteiger partial charge in [0.15, 0.2) is 5.78 Å². The highest BCUT2D eigenvalue weighted by molar-refractivity contribution is 6.04. The highest BCUT2D eigenvalue weighted by Crippen LogP contribution is 2.23. The number of hydrogen-bond acceptors (Lipinski definition) is 4. The van der Waals surface area contributed by atoms with Crippen LogP contribution in [0.5, 0.6) is 0 Å². The van der Waals surface area contributed by atoms with E-state index in [9.17, 15) is 9.59 Å². The third-order valence-electron chi connectivity index (χ3n) is 3.08. The number of nitrogens with zero attached hydrogens (tertiary/aromatic N) is 1. The van der Waals surface area contributed by atoms with Crippen LogP contribution in [0.3, 0.4) is 0 Å². The second-order valence-corrected chi connectivity index (χ2v) is 4.49. The molecule has 1 unspecified atom stereocenters. The van der Waals surface area contributed by atoms with Gasteiger partial charge in [-0.2, -0.15) is 0 Å². The summed E-state index contributed by atoms with van der Waals surface area (Å²) < 4.78 is 4.92. The number of ether oxygens (including phenoxy) is 1. The summed E-state index contributed by atoms with van der Waals surface area (Å²) in [4.78, 5) is 25.4. The lowest BCUT2D eigenvalue weighted by molar-refractivity contribution is -0.149. The van der Waals surface area contributed by atoms with E-state index < -0.39 is 11.9 Å². The summed E-state index contributed by atoms with van der Waals surface area (Å²) in [6.45, 7) is 4.76. The van der Waals surface area contributed by atoms with Gasteiger partial charge in [0.2, 0.25) is 0 Å². The predicted octanol–water partition coefficient (Wildman–Crippen LogP) is 1.56. The van der Waals surface area contributed by atoms with Crippen LogP contribution in [-0.2, 0) is 14.3 Å². The molecule has 1 heterocycles. The summed E-state index contributed by atoms with van der Waals surface area (Å²) in [6, 6.07) is 7.92. The first-order chi connectivity index (χ1) is 8.61. The van der Waals surface area contributed by atoms with Gasteiger partial charge in [-0.15, -0.1) is 0 Å². The molecule has 1 aromatic rings. The van der Waals surface area contributed by atoms with Crippen LogP contribution in [0, 0.1) is 12.8 Å². The SMILES string of the molecule is CCOC(=O)C1CN(c2cccc(C)c2)CC1=O. The van der Waals surface area contributed by atoms with Crippen LogP contribution >= 0.6 is 0 Å². The molecule has 18 heavy (non-hydrogen) atoms. The van der Waals surface area contributed by atoms with Crippen LogP contribution in [0.15, 0.2) is 24.3 Å². The molecule has 4 nitrogen and oxygen atoms in total. The molecule has 0 aromatic heterocycles. The van der Waals surface area contributed by atoms with Crippen molar-refractivity contribution in [1.82, 2.24) is 0 Å². The number of carbonyl (C=O) groups is 2. The van der Waals surface area contributed by atoms with Crippen molar-refractivity contribution < 1.29 is 14.3 Å². The van der Waals surface area contributed by atoms with Gasteiger partial charge in [-0.1, -0.05) is 12.1 Å². The first kappa shape index (κ1) is 12.6. The molecule has 0 saturated carbocycles. The van der Waals surface area contributed by atoms with Crippen molar-refractivity contribution in [3.8, 4) is 0 Å². The summed E-state index contributed by atoms with van der Waals surface area (Å²) in [7, 11) is 0. The van der Waals surface area contributed by atoms with E-state index in [-0.39, 0.29) is 12.3 Å². The van der Waals surface area contributed by atoms with Crippen LogP contribution in [-0.4, -0.2) is 31.4 Å². The van der Waals surface area contributed by atoms with Gasteiger partial charge in [-0.25, -0.2) is 0 Å². The molecule has 4 heteroatoms. The van der Waals surface area contributed by atoms with Gasteiger partial charge < -0.3 is 9.64 Å². The zero-order valence-corrected chi connectivity index (χ0v) is 10.7. The summed E-state index contributed by atoms with van der Waals surface area (Å²) in [5, 5.41) is 0. The second-order valence-electron chi connectivity index (χ2n) is 4.49. The van der Waals surface area contributed by atoms with Gasteiger partial charge in [0, 0.05) is 12.2 Å². The Kier molecular flexibility index (Phi) is 3.65. The van der Waals surface area contributed by atoms with E-state index >= 15 is 0 Å².